The van der Waals surface area contributed by atoms with Gasteiger partial charge in [-0.1, -0.05) is 19.1 Å². The smallest absolute Gasteiger partial charge is 0.339 e. The predicted octanol–water partition coefficient (Wildman–Crippen LogP) is 1.46. The van der Waals surface area contributed by atoms with Crippen molar-refractivity contribution >= 4 is 5.97 Å². The van der Waals surface area contributed by atoms with E-state index in [0.717, 1.165) is 0 Å². The van der Waals surface area contributed by atoms with Crippen LogP contribution in [0, 0.1) is 0 Å². The van der Waals surface area contributed by atoms with Crippen molar-refractivity contribution in [1.82, 2.24) is 0 Å². The summed E-state index contributed by atoms with van der Waals surface area (Å²) in [6.07, 6.45) is 0.170. The van der Waals surface area contributed by atoms with Crippen LogP contribution in [0.2, 0.25) is 0 Å². The summed E-state index contributed by atoms with van der Waals surface area (Å²) in [4.78, 5) is 10.8. The van der Waals surface area contributed by atoms with Gasteiger partial charge in [-0.25, -0.2) is 4.79 Å². The van der Waals surface area contributed by atoms with Gasteiger partial charge in [-0.2, -0.15) is 0 Å². The first-order valence-corrected chi connectivity index (χ1v) is 4.39. The van der Waals surface area contributed by atoms with Gasteiger partial charge in [-0.3, -0.25) is 5.73 Å². The lowest BCUT2D eigenvalue weighted by Crippen LogP contribution is -2.26. The normalized spacial score (nSPS) is 12.1. The quantitative estimate of drug-likeness (QED) is 0.713. The number of hydrogen-bond donors (Lipinski definition) is 2. The van der Waals surface area contributed by atoms with E-state index >= 15 is 0 Å². The SMILES string of the molecule is CCC(N)Oc1ccccc1C(=O)O. The molecule has 3 N–H and O–H groups in total. The van der Waals surface area contributed by atoms with Gasteiger partial charge in [0, 0.05) is 0 Å². The second-order valence-electron chi connectivity index (χ2n) is 2.87. The molecule has 0 spiro atoms. The first kappa shape index (κ1) is 10.5. The van der Waals surface area contributed by atoms with Crippen molar-refractivity contribution in [3.05, 3.63) is 29.8 Å². The molecule has 0 saturated carbocycles. The van der Waals surface area contributed by atoms with E-state index in [2.05, 4.69) is 0 Å². The summed E-state index contributed by atoms with van der Waals surface area (Å²) in [5.74, 6) is -0.696. The number of hydrogen-bond acceptors (Lipinski definition) is 3. The lowest BCUT2D eigenvalue weighted by molar-refractivity contribution is 0.0689. The van der Waals surface area contributed by atoms with E-state index in [0.29, 0.717) is 12.2 Å². The lowest BCUT2D eigenvalue weighted by Gasteiger charge is -2.13. The van der Waals surface area contributed by atoms with Gasteiger partial charge in [-0.15, -0.1) is 0 Å². The van der Waals surface area contributed by atoms with Gasteiger partial charge in [-0.05, 0) is 18.6 Å². The number of para-hydroxylation sites is 1. The van der Waals surface area contributed by atoms with Gasteiger partial charge in [0.1, 0.15) is 17.5 Å². The summed E-state index contributed by atoms with van der Waals surface area (Å²) in [6, 6.07) is 6.44. The molecule has 0 aromatic heterocycles. The zero-order chi connectivity index (χ0) is 10.6. The molecule has 1 aromatic carbocycles. The Balaban J connectivity index is 2.90. The fourth-order valence-electron chi connectivity index (χ4n) is 0.993. The van der Waals surface area contributed by atoms with Crippen molar-refractivity contribution in [3.8, 4) is 5.75 Å². The van der Waals surface area contributed by atoms with Crippen molar-refractivity contribution in [2.45, 2.75) is 19.6 Å². The summed E-state index contributed by atoms with van der Waals surface area (Å²) < 4.78 is 5.25. The summed E-state index contributed by atoms with van der Waals surface area (Å²) in [7, 11) is 0. The van der Waals surface area contributed by atoms with Crippen molar-refractivity contribution in [2.75, 3.05) is 0 Å². The molecule has 0 aliphatic rings. The molecule has 76 valence electrons. The number of carbonyl (C=O) groups is 1. The largest absolute Gasteiger partial charge is 0.478 e. The molecule has 14 heavy (non-hydrogen) atoms. The maximum atomic E-state index is 10.8. The van der Waals surface area contributed by atoms with Crippen LogP contribution in [0.25, 0.3) is 0 Å². The Morgan fingerprint density at radius 2 is 2.21 bits per heavy atom. The Kier molecular flexibility index (Phi) is 3.48. The first-order valence-electron chi connectivity index (χ1n) is 4.39. The molecule has 4 heteroatoms. The highest BCUT2D eigenvalue weighted by molar-refractivity contribution is 5.90. The van der Waals surface area contributed by atoms with Crippen LogP contribution in [0.15, 0.2) is 24.3 Å². The number of nitrogens with two attached hydrogens (primary N) is 1. The average Bonchev–Trinajstić information content (AvgIpc) is 2.18. The highest BCUT2D eigenvalue weighted by Gasteiger charge is 2.11. The van der Waals surface area contributed by atoms with Crippen molar-refractivity contribution < 1.29 is 14.6 Å². The van der Waals surface area contributed by atoms with Gasteiger partial charge in [0.2, 0.25) is 0 Å². The van der Waals surface area contributed by atoms with Crippen LogP contribution in [0.1, 0.15) is 23.7 Å². The number of aromatic carboxylic acids is 1. The summed E-state index contributed by atoms with van der Waals surface area (Å²) >= 11 is 0. The van der Waals surface area contributed by atoms with Gasteiger partial charge in [0.15, 0.2) is 0 Å². The molecule has 0 bridgehead atoms. The number of carboxylic acids is 1. The minimum Gasteiger partial charge on any atom is -0.478 e. The van der Waals surface area contributed by atoms with Crippen LogP contribution in [-0.4, -0.2) is 17.3 Å². The van der Waals surface area contributed by atoms with E-state index in [4.69, 9.17) is 15.6 Å². The molecular formula is C10H13NO3. The molecular weight excluding hydrogens is 182 g/mol. The lowest BCUT2D eigenvalue weighted by atomic mass is 10.2. The Hall–Kier alpha value is -1.55. The minimum absolute atomic E-state index is 0.136. The van der Waals surface area contributed by atoms with E-state index in [1.54, 1.807) is 18.2 Å². The molecule has 0 radical (unpaired) electrons. The van der Waals surface area contributed by atoms with Gasteiger partial charge >= 0.3 is 5.97 Å². The highest BCUT2D eigenvalue weighted by atomic mass is 16.5. The second kappa shape index (κ2) is 4.62. The standard InChI is InChI=1S/C10H13NO3/c1-2-9(11)14-8-6-4-3-5-7(8)10(12)13/h3-6,9H,2,11H2,1H3,(H,12,13). The molecule has 0 fully saturated rings. The van der Waals surface area contributed by atoms with Crippen LogP contribution in [0.5, 0.6) is 5.75 Å². The van der Waals surface area contributed by atoms with Gasteiger partial charge in [0.05, 0.1) is 0 Å². The summed E-state index contributed by atoms with van der Waals surface area (Å²) in [6.45, 7) is 1.87. The van der Waals surface area contributed by atoms with Crippen LogP contribution in [0.4, 0.5) is 0 Å². The Bertz CT molecular complexity index is 325. The Morgan fingerprint density at radius 1 is 1.57 bits per heavy atom. The molecule has 0 heterocycles. The maximum absolute atomic E-state index is 10.8. The predicted molar refractivity (Wildman–Crippen MR) is 52.3 cm³/mol. The number of rotatable bonds is 4. The van der Waals surface area contributed by atoms with E-state index in [1.165, 1.54) is 6.07 Å². The van der Waals surface area contributed by atoms with Crippen LogP contribution in [-0.2, 0) is 0 Å². The van der Waals surface area contributed by atoms with E-state index < -0.39 is 12.2 Å². The molecule has 1 rings (SSSR count). The van der Waals surface area contributed by atoms with Crippen molar-refractivity contribution in [1.29, 1.82) is 0 Å². The molecule has 1 aromatic rings. The van der Waals surface area contributed by atoms with E-state index in [9.17, 15) is 4.79 Å². The third-order valence-corrected chi connectivity index (χ3v) is 1.80. The Morgan fingerprint density at radius 3 is 2.79 bits per heavy atom. The third kappa shape index (κ3) is 2.47. The van der Waals surface area contributed by atoms with Crippen LogP contribution >= 0.6 is 0 Å². The molecule has 1 atom stereocenters. The van der Waals surface area contributed by atoms with Crippen molar-refractivity contribution in [2.24, 2.45) is 5.73 Å². The topological polar surface area (TPSA) is 72.5 Å². The molecule has 0 saturated heterocycles. The zero-order valence-corrected chi connectivity index (χ0v) is 7.93. The molecule has 4 nitrogen and oxygen atoms in total. The molecule has 0 aliphatic carbocycles. The average molecular weight is 195 g/mol. The fraction of sp³-hybridized carbons (Fsp3) is 0.300. The zero-order valence-electron chi connectivity index (χ0n) is 7.93. The monoisotopic (exact) mass is 195 g/mol. The van der Waals surface area contributed by atoms with E-state index in [-0.39, 0.29) is 5.56 Å². The number of carboxylic acid groups (broad SMARTS) is 1. The minimum atomic E-state index is -1.01. The highest BCUT2D eigenvalue weighted by Crippen LogP contribution is 2.18. The van der Waals surface area contributed by atoms with E-state index in [1.807, 2.05) is 6.92 Å². The van der Waals surface area contributed by atoms with Gasteiger partial charge in [0.25, 0.3) is 0 Å². The molecule has 0 amide bonds. The maximum Gasteiger partial charge on any atom is 0.339 e. The summed E-state index contributed by atoms with van der Waals surface area (Å²) in [5, 5.41) is 8.83. The third-order valence-electron chi connectivity index (χ3n) is 1.80. The number of ether oxygens (including phenoxy) is 1. The number of benzene rings is 1. The van der Waals surface area contributed by atoms with Gasteiger partial charge < -0.3 is 9.84 Å². The summed E-state index contributed by atoms with van der Waals surface area (Å²) in [5.41, 5.74) is 5.69. The first-order chi connectivity index (χ1) is 6.65. The second-order valence-corrected chi connectivity index (χ2v) is 2.87. The fourth-order valence-corrected chi connectivity index (χ4v) is 0.993. The van der Waals surface area contributed by atoms with Crippen molar-refractivity contribution in [3.63, 3.8) is 0 Å². The van der Waals surface area contributed by atoms with Crippen LogP contribution in [0.3, 0.4) is 0 Å². The van der Waals surface area contributed by atoms with Crippen LogP contribution < -0.4 is 10.5 Å². The molecule has 0 aliphatic heterocycles. The Labute approximate surface area is 82.3 Å². The molecule has 1 unspecified atom stereocenters.